The second kappa shape index (κ2) is 6.86. The first kappa shape index (κ1) is 18.0. The zero-order valence-corrected chi connectivity index (χ0v) is 14.5. The fourth-order valence-electron chi connectivity index (χ4n) is 3.24. The van der Waals surface area contributed by atoms with Gasteiger partial charge in [0, 0.05) is 17.3 Å². The van der Waals surface area contributed by atoms with Gasteiger partial charge in [-0.05, 0) is 45.2 Å². The second-order valence-electron chi connectivity index (χ2n) is 6.53. The molecule has 0 saturated carbocycles. The SMILES string of the molecule is CC(C)N(CC(=O)O)C(=O)c1nn(-c2cccc(F)c2F)c2c1CCC2. The van der Waals surface area contributed by atoms with Gasteiger partial charge in [0.25, 0.3) is 5.91 Å². The molecule has 1 aromatic heterocycles. The molecule has 0 unspecified atom stereocenters. The van der Waals surface area contributed by atoms with E-state index in [1.165, 1.54) is 21.7 Å². The average Bonchev–Trinajstić information content (AvgIpc) is 3.17. The Morgan fingerprint density at radius 1 is 1.31 bits per heavy atom. The zero-order chi connectivity index (χ0) is 19.0. The number of amides is 1. The van der Waals surface area contributed by atoms with Crippen LogP contribution in [0.4, 0.5) is 8.78 Å². The van der Waals surface area contributed by atoms with Crippen molar-refractivity contribution in [3.8, 4) is 5.69 Å². The van der Waals surface area contributed by atoms with Crippen molar-refractivity contribution in [1.29, 1.82) is 0 Å². The Balaban J connectivity index is 2.09. The molecule has 0 radical (unpaired) electrons. The molecule has 0 aliphatic heterocycles. The molecule has 0 saturated heterocycles. The van der Waals surface area contributed by atoms with Gasteiger partial charge in [-0.25, -0.2) is 13.5 Å². The van der Waals surface area contributed by atoms with Crippen molar-refractivity contribution in [3.63, 3.8) is 0 Å². The fraction of sp³-hybridized carbons (Fsp3) is 0.389. The van der Waals surface area contributed by atoms with Crippen LogP contribution in [0.3, 0.4) is 0 Å². The minimum absolute atomic E-state index is 0.0588. The van der Waals surface area contributed by atoms with Gasteiger partial charge in [-0.15, -0.1) is 0 Å². The Hall–Kier alpha value is -2.77. The van der Waals surface area contributed by atoms with Crippen LogP contribution in [-0.2, 0) is 17.6 Å². The molecule has 138 valence electrons. The molecule has 1 heterocycles. The van der Waals surface area contributed by atoms with E-state index in [2.05, 4.69) is 5.10 Å². The largest absolute Gasteiger partial charge is 0.480 e. The van der Waals surface area contributed by atoms with Crippen LogP contribution in [-0.4, -0.2) is 44.3 Å². The topological polar surface area (TPSA) is 75.4 Å². The van der Waals surface area contributed by atoms with Gasteiger partial charge < -0.3 is 10.0 Å². The van der Waals surface area contributed by atoms with E-state index in [-0.39, 0.29) is 17.4 Å². The van der Waals surface area contributed by atoms with Crippen molar-refractivity contribution >= 4 is 11.9 Å². The quantitative estimate of drug-likeness (QED) is 0.886. The normalized spacial score (nSPS) is 13.1. The summed E-state index contributed by atoms with van der Waals surface area (Å²) in [5.41, 5.74) is 1.39. The number of carbonyl (C=O) groups excluding carboxylic acids is 1. The molecular weight excluding hydrogens is 344 g/mol. The van der Waals surface area contributed by atoms with Crippen LogP contribution in [0.5, 0.6) is 0 Å². The van der Waals surface area contributed by atoms with E-state index in [4.69, 9.17) is 5.11 Å². The highest BCUT2D eigenvalue weighted by atomic mass is 19.2. The Kier molecular flexibility index (Phi) is 4.76. The van der Waals surface area contributed by atoms with Gasteiger partial charge in [-0.1, -0.05) is 6.07 Å². The van der Waals surface area contributed by atoms with E-state index in [1.54, 1.807) is 13.8 Å². The highest BCUT2D eigenvalue weighted by Crippen LogP contribution is 2.30. The van der Waals surface area contributed by atoms with Gasteiger partial charge in [0.2, 0.25) is 0 Å². The summed E-state index contributed by atoms with van der Waals surface area (Å²) >= 11 is 0. The summed E-state index contributed by atoms with van der Waals surface area (Å²) in [7, 11) is 0. The van der Waals surface area contributed by atoms with E-state index in [0.29, 0.717) is 24.1 Å². The number of carbonyl (C=O) groups is 2. The van der Waals surface area contributed by atoms with E-state index >= 15 is 0 Å². The lowest BCUT2D eigenvalue weighted by molar-refractivity contribution is -0.138. The number of halogens is 2. The van der Waals surface area contributed by atoms with Crippen LogP contribution >= 0.6 is 0 Å². The predicted molar refractivity (Wildman–Crippen MR) is 89.3 cm³/mol. The molecule has 6 nitrogen and oxygen atoms in total. The highest BCUT2D eigenvalue weighted by molar-refractivity contribution is 5.96. The third-order valence-electron chi connectivity index (χ3n) is 4.48. The second-order valence-corrected chi connectivity index (χ2v) is 6.53. The van der Waals surface area contributed by atoms with Crippen molar-refractivity contribution in [1.82, 2.24) is 14.7 Å². The molecule has 2 aromatic rings. The minimum atomic E-state index is -1.13. The van der Waals surface area contributed by atoms with E-state index in [9.17, 15) is 18.4 Å². The zero-order valence-electron chi connectivity index (χ0n) is 14.5. The molecule has 1 aliphatic rings. The molecule has 3 rings (SSSR count). The third-order valence-corrected chi connectivity index (χ3v) is 4.48. The standard InChI is InChI=1S/C18H19F2N3O3/c1-10(2)22(9-15(24)25)18(26)17-11-5-3-7-13(11)23(21-17)14-8-4-6-12(19)16(14)20/h4,6,8,10H,3,5,7,9H2,1-2H3,(H,24,25). The summed E-state index contributed by atoms with van der Waals surface area (Å²) in [6.45, 7) is 2.97. The van der Waals surface area contributed by atoms with Gasteiger partial charge in [0.1, 0.15) is 12.2 Å². The maximum absolute atomic E-state index is 14.2. The van der Waals surface area contributed by atoms with Crippen LogP contribution in [0.25, 0.3) is 5.69 Å². The smallest absolute Gasteiger partial charge is 0.323 e. The van der Waals surface area contributed by atoms with Gasteiger partial charge in [0.15, 0.2) is 17.3 Å². The Bertz CT molecular complexity index is 877. The van der Waals surface area contributed by atoms with Crippen LogP contribution in [0.1, 0.15) is 42.0 Å². The van der Waals surface area contributed by atoms with Crippen molar-refractivity contribution < 1.29 is 23.5 Å². The molecule has 0 fully saturated rings. The number of carboxylic acids is 1. The lowest BCUT2D eigenvalue weighted by atomic mass is 10.1. The molecular formula is C18H19F2N3O3. The number of hydrogen-bond donors (Lipinski definition) is 1. The van der Waals surface area contributed by atoms with E-state index in [1.807, 2.05) is 0 Å². The van der Waals surface area contributed by atoms with Crippen LogP contribution in [0.2, 0.25) is 0 Å². The first-order valence-corrected chi connectivity index (χ1v) is 8.39. The van der Waals surface area contributed by atoms with Crippen molar-refractivity contribution in [2.24, 2.45) is 0 Å². The molecule has 26 heavy (non-hydrogen) atoms. The number of fused-ring (bicyclic) bond motifs is 1. The predicted octanol–water partition coefficient (Wildman–Crippen LogP) is 2.57. The maximum atomic E-state index is 14.2. The van der Waals surface area contributed by atoms with Gasteiger partial charge in [-0.2, -0.15) is 5.10 Å². The van der Waals surface area contributed by atoms with Crippen LogP contribution in [0, 0.1) is 11.6 Å². The average molecular weight is 363 g/mol. The molecule has 8 heteroatoms. The highest BCUT2D eigenvalue weighted by Gasteiger charge is 2.32. The number of nitrogens with zero attached hydrogens (tertiary/aromatic N) is 3. The fourth-order valence-corrected chi connectivity index (χ4v) is 3.24. The van der Waals surface area contributed by atoms with E-state index in [0.717, 1.165) is 12.5 Å². The lowest BCUT2D eigenvalue weighted by Crippen LogP contribution is -2.41. The Morgan fingerprint density at radius 3 is 2.69 bits per heavy atom. The number of aromatic nitrogens is 2. The van der Waals surface area contributed by atoms with Crippen molar-refractivity contribution in [3.05, 3.63) is 46.8 Å². The summed E-state index contributed by atoms with van der Waals surface area (Å²) in [5.74, 6) is -3.67. The first-order valence-electron chi connectivity index (χ1n) is 8.39. The number of aliphatic carboxylic acids is 1. The van der Waals surface area contributed by atoms with Crippen LogP contribution in [0.15, 0.2) is 18.2 Å². The van der Waals surface area contributed by atoms with E-state index < -0.39 is 30.1 Å². The van der Waals surface area contributed by atoms with Gasteiger partial charge in [0.05, 0.1) is 0 Å². The molecule has 0 spiro atoms. The Morgan fingerprint density at radius 2 is 2.04 bits per heavy atom. The Labute approximate surface area is 149 Å². The number of hydrogen-bond acceptors (Lipinski definition) is 3. The molecule has 1 aliphatic carbocycles. The van der Waals surface area contributed by atoms with Crippen molar-refractivity contribution in [2.75, 3.05) is 6.54 Å². The summed E-state index contributed by atoms with van der Waals surface area (Å²) in [4.78, 5) is 25.2. The van der Waals surface area contributed by atoms with Crippen molar-refractivity contribution in [2.45, 2.75) is 39.2 Å². The molecule has 0 atom stereocenters. The molecule has 1 aromatic carbocycles. The summed E-state index contributed by atoms with van der Waals surface area (Å²) in [5, 5.41) is 13.3. The first-order chi connectivity index (χ1) is 12.3. The lowest BCUT2D eigenvalue weighted by Gasteiger charge is -2.24. The summed E-state index contributed by atoms with van der Waals surface area (Å²) < 4.78 is 29.1. The van der Waals surface area contributed by atoms with Gasteiger partial charge >= 0.3 is 5.97 Å². The summed E-state index contributed by atoms with van der Waals surface area (Å²) in [6, 6.07) is 3.45. The summed E-state index contributed by atoms with van der Waals surface area (Å²) in [6.07, 6.45) is 1.95. The number of carboxylic acid groups (broad SMARTS) is 1. The van der Waals surface area contributed by atoms with Gasteiger partial charge in [-0.3, -0.25) is 9.59 Å². The molecule has 1 amide bonds. The minimum Gasteiger partial charge on any atom is -0.480 e. The number of benzene rings is 1. The molecule has 1 N–H and O–H groups in total. The van der Waals surface area contributed by atoms with Crippen LogP contribution < -0.4 is 0 Å². The molecule has 0 bridgehead atoms. The monoisotopic (exact) mass is 363 g/mol. The maximum Gasteiger partial charge on any atom is 0.323 e. The number of rotatable bonds is 5. The third kappa shape index (κ3) is 3.07.